The predicted molar refractivity (Wildman–Crippen MR) is 177 cm³/mol. The second kappa shape index (κ2) is 21.6. The zero-order valence-corrected chi connectivity index (χ0v) is 28.2. The number of hydrogen-bond acceptors (Lipinski definition) is 10. The molecule has 0 radical (unpaired) electrons. The van der Waals surface area contributed by atoms with Crippen molar-refractivity contribution in [3.8, 4) is 5.75 Å². The van der Waals surface area contributed by atoms with Gasteiger partial charge in [-0.2, -0.15) is 0 Å². The van der Waals surface area contributed by atoms with Crippen molar-refractivity contribution in [3.05, 3.63) is 65.2 Å². The molecule has 0 saturated heterocycles. The number of carbonyl (C=O) groups excluding carboxylic acids is 4. The molecule has 0 aromatic heterocycles. The van der Waals surface area contributed by atoms with E-state index in [0.29, 0.717) is 23.4 Å². The Kier molecular flexibility index (Phi) is 18.0. The number of unbranched alkanes of at least 4 members (excludes halogenated alkanes) is 2. The quantitative estimate of drug-likeness (QED) is 0.0648. The number of alkyl carbamates (subject to hydrolysis) is 1. The van der Waals surface area contributed by atoms with Crippen molar-refractivity contribution in [3.63, 3.8) is 0 Å². The summed E-state index contributed by atoms with van der Waals surface area (Å²) in [6.07, 6.45) is 2.15. The van der Waals surface area contributed by atoms with Crippen LogP contribution in [0.1, 0.15) is 70.1 Å². The fraction of sp³-hybridized carbons (Fsp3) is 0.529. The van der Waals surface area contributed by atoms with Crippen molar-refractivity contribution < 1.29 is 48.9 Å². The average molecular weight is 675 g/mol. The van der Waals surface area contributed by atoms with Gasteiger partial charge in [0, 0.05) is 37.9 Å². The second-order valence-electron chi connectivity index (χ2n) is 12.1. The van der Waals surface area contributed by atoms with E-state index in [1.807, 2.05) is 30.3 Å². The van der Waals surface area contributed by atoms with Gasteiger partial charge in [-0.25, -0.2) is 14.6 Å². The summed E-state index contributed by atoms with van der Waals surface area (Å²) < 4.78 is 10.8. The third-order valence-corrected chi connectivity index (χ3v) is 6.88. The highest BCUT2D eigenvalue weighted by Gasteiger charge is 2.28. The first kappa shape index (κ1) is 39.9. The Bertz CT molecular complexity index is 1290. The van der Waals surface area contributed by atoms with Crippen molar-refractivity contribution in [2.75, 3.05) is 26.3 Å². The lowest BCUT2D eigenvalue weighted by atomic mass is 10.0. The van der Waals surface area contributed by atoms with Gasteiger partial charge in [0.15, 0.2) is 0 Å². The maximum absolute atomic E-state index is 13.8. The van der Waals surface area contributed by atoms with E-state index >= 15 is 0 Å². The number of benzene rings is 2. The normalized spacial score (nSPS) is 12.4. The fourth-order valence-corrected chi connectivity index (χ4v) is 4.62. The van der Waals surface area contributed by atoms with E-state index in [1.54, 1.807) is 39.0 Å². The minimum absolute atomic E-state index is 0.00413. The largest absolute Gasteiger partial charge is 0.491 e. The van der Waals surface area contributed by atoms with E-state index in [0.717, 1.165) is 24.8 Å². The van der Waals surface area contributed by atoms with Gasteiger partial charge in [-0.3, -0.25) is 24.9 Å². The van der Waals surface area contributed by atoms with Crippen molar-refractivity contribution in [2.45, 2.75) is 90.5 Å². The zero-order valence-electron chi connectivity index (χ0n) is 28.2. The van der Waals surface area contributed by atoms with Crippen LogP contribution in [0.4, 0.5) is 4.79 Å². The zero-order chi connectivity index (χ0) is 35.4. The van der Waals surface area contributed by atoms with E-state index in [9.17, 15) is 19.2 Å². The van der Waals surface area contributed by atoms with Crippen molar-refractivity contribution in [1.82, 2.24) is 21.3 Å². The van der Waals surface area contributed by atoms with Crippen LogP contribution < -0.4 is 26.0 Å². The Hall–Kier alpha value is -4.24. The SMILES string of the molecule is CCCCCNC(=O)C(Cc1ccc(OCCOO)c(COO)c1)NC(=O)C(Cc1ccccc1)NC(=O)CCNC(=O)OC(C)(C)C. The molecule has 2 aromatic carbocycles. The number of nitrogens with one attached hydrogen (secondary N) is 4. The Morgan fingerprint density at radius 2 is 1.50 bits per heavy atom. The summed E-state index contributed by atoms with van der Waals surface area (Å²) in [5, 5.41) is 28.7. The van der Waals surface area contributed by atoms with E-state index in [1.165, 1.54) is 0 Å². The number of carbonyl (C=O) groups is 4. The van der Waals surface area contributed by atoms with E-state index < -0.39 is 41.5 Å². The molecule has 0 saturated carbocycles. The minimum Gasteiger partial charge on any atom is -0.491 e. The molecule has 2 aromatic rings. The lowest BCUT2D eigenvalue weighted by molar-refractivity contribution is -0.253. The molecule has 266 valence electrons. The summed E-state index contributed by atoms with van der Waals surface area (Å²) in [6, 6.07) is 12.1. The lowest BCUT2D eigenvalue weighted by Crippen LogP contribution is -2.55. The topological polar surface area (TPSA) is 194 Å². The molecule has 0 aliphatic heterocycles. The maximum Gasteiger partial charge on any atom is 0.407 e. The summed E-state index contributed by atoms with van der Waals surface area (Å²) in [6.45, 7) is 7.42. The highest BCUT2D eigenvalue weighted by Crippen LogP contribution is 2.22. The van der Waals surface area contributed by atoms with Crippen LogP contribution in [0, 0.1) is 0 Å². The molecular weight excluding hydrogens is 624 g/mol. The van der Waals surface area contributed by atoms with Gasteiger partial charge in [0.25, 0.3) is 0 Å². The van der Waals surface area contributed by atoms with Crippen LogP contribution in [0.5, 0.6) is 5.75 Å². The Balaban J connectivity index is 2.24. The molecular formula is C34H50N4O10. The molecule has 0 aliphatic rings. The van der Waals surface area contributed by atoms with Gasteiger partial charge in [-0.05, 0) is 50.5 Å². The third kappa shape index (κ3) is 16.0. The van der Waals surface area contributed by atoms with Gasteiger partial charge >= 0.3 is 6.09 Å². The highest BCUT2D eigenvalue weighted by molar-refractivity contribution is 5.92. The van der Waals surface area contributed by atoms with Crippen molar-refractivity contribution >= 4 is 23.8 Å². The number of rotatable bonds is 21. The standard InChI is InChI=1S/C34H50N4O10/c1-5-6-10-16-35-31(40)27(22-25-13-14-29(45-18-19-46-43)26(20-25)23-47-44)38-32(41)28(21-24-11-8-7-9-12-24)37-30(39)15-17-36-33(42)48-34(2,3)4/h7-9,11-14,20,27-28,43-44H,5-6,10,15-19,21-23H2,1-4H3,(H,35,40)(H,36,42)(H,37,39)(H,38,41). The van der Waals surface area contributed by atoms with Gasteiger partial charge < -0.3 is 30.7 Å². The van der Waals surface area contributed by atoms with E-state index in [2.05, 4.69) is 38.0 Å². The fourth-order valence-electron chi connectivity index (χ4n) is 4.62. The van der Waals surface area contributed by atoms with E-state index in [-0.39, 0.29) is 45.6 Å². The Morgan fingerprint density at radius 3 is 2.17 bits per heavy atom. The summed E-state index contributed by atoms with van der Waals surface area (Å²) in [5.74, 6) is -1.06. The van der Waals surface area contributed by atoms with Crippen LogP contribution in [0.25, 0.3) is 0 Å². The van der Waals surface area contributed by atoms with Gasteiger partial charge in [0.1, 0.15) is 43.3 Å². The molecule has 14 heteroatoms. The molecule has 4 amide bonds. The Labute approximate surface area is 281 Å². The van der Waals surface area contributed by atoms with Crippen LogP contribution in [-0.2, 0) is 48.3 Å². The molecule has 2 unspecified atom stereocenters. The molecule has 0 heterocycles. The van der Waals surface area contributed by atoms with Gasteiger partial charge in [0.05, 0.1) is 0 Å². The Morgan fingerprint density at radius 1 is 0.792 bits per heavy atom. The highest BCUT2D eigenvalue weighted by atomic mass is 17.1. The van der Waals surface area contributed by atoms with Gasteiger partial charge in [-0.1, -0.05) is 56.2 Å². The first-order chi connectivity index (χ1) is 22.9. The van der Waals surface area contributed by atoms with Gasteiger partial charge in [-0.15, -0.1) is 0 Å². The first-order valence-electron chi connectivity index (χ1n) is 16.1. The summed E-state index contributed by atoms with van der Waals surface area (Å²) in [4.78, 5) is 60.5. The molecule has 2 rings (SSSR count). The van der Waals surface area contributed by atoms with E-state index in [4.69, 9.17) is 20.0 Å². The summed E-state index contributed by atoms with van der Waals surface area (Å²) in [5.41, 5.74) is 1.21. The van der Waals surface area contributed by atoms with Crippen molar-refractivity contribution in [1.29, 1.82) is 0 Å². The average Bonchev–Trinajstić information content (AvgIpc) is 3.03. The first-order valence-corrected chi connectivity index (χ1v) is 16.1. The summed E-state index contributed by atoms with van der Waals surface area (Å²) in [7, 11) is 0. The number of hydrogen-bond donors (Lipinski definition) is 6. The molecule has 0 spiro atoms. The minimum atomic E-state index is -1.03. The maximum atomic E-state index is 13.8. The van der Waals surface area contributed by atoms with Crippen molar-refractivity contribution in [2.24, 2.45) is 0 Å². The third-order valence-electron chi connectivity index (χ3n) is 6.88. The lowest BCUT2D eigenvalue weighted by Gasteiger charge is -2.24. The summed E-state index contributed by atoms with van der Waals surface area (Å²) >= 11 is 0. The number of amides is 4. The molecule has 2 atom stereocenters. The molecule has 6 N–H and O–H groups in total. The smallest absolute Gasteiger partial charge is 0.407 e. The molecule has 0 fully saturated rings. The van der Waals surface area contributed by atoms with Gasteiger partial charge in [0.2, 0.25) is 17.7 Å². The molecule has 48 heavy (non-hydrogen) atoms. The number of ether oxygens (including phenoxy) is 2. The van der Waals surface area contributed by atoms with Crippen LogP contribution in [0.3, 0.4) is 0 Å². The molecule has 0 bridgehead atoms. The molecule has 14 nitrogen and oxygen atoms in total. The van der Waals surface area contributed by atoms with Crippen LogP contribution >= 0.6 is 0 Å². The second-order valence-corrected chi connectivity index (χ2v) is 12.1. The predicted octanol–water partition coefficient (Wildman–Crippen LogP) is 3.52. The molecule has 0 aliphatic carbocycles. The van der Waals surface area contributed by atoms with Crippen LogP contribution in [0.2, 0.25) is 0 Å². The van der Waals surface area contributed by atoms with Crippen LogP contribution in [-0.4, -0.2) is 78.3 Å². The monoisotopic (exact) mass is 674 g/mol. The van der Waals surface area contributed by atoms with Crippen LogP contribution in [0.15, 0.2) is 48.5 Å².